The van der Waals surface area contributed by atoms with Crippen molar-refractivity contribution in [3.05, 3.63) is 52.7 Å². The van der Waals surface area contributed by atoms with Gasteiger partial charge in [-0.15, -0.1) is 11.3 Å². The van der Waals surface area contributed by atoms with E-state index >= 15 is 0 Å². The molecule has 0 N–H and O–H groups in total. The molecule has 0 unspecified atom stereocenters. The maximum Gasteiger partial charge on any atom is 0.258 e. The van der Waals surface area contributed by atoms with E-state index in [1.54, 1.807) is 12.4 Å². The van der Waals surface area contributed by atoms with Crippen LogP contribution in [0.15, 0.2) is 46.6 Å². The quantitative estimate of drug-likeness (QED) is 0.733. The molecule has 5 nitrogen and oxygen atoms in total. The number of pyridine rings is 1. The van der Waals surface area contributed by atoms with Gasteiger partial charge in [0.05, 0.1) is 0 Å². The third-order valence-corrected chi connectivity index (χ3v) is 5.14. The van der Waals surface area contributed by atoms with Crippen molar-refractivity contribution >= 4 is 11.3 Å². The van der Waals surface area contributed by atoms with Crippen LogP contribution in [0.5, 0.6) is 0 Å². The van der Waals surface area contributed by atoms with E-state index < -0.39 is 0 Å². The summed E-state index contributed by atoms with van der Waals surface area (Å²) in [5.74, 6) is 1.82. The molecule has 3 aromatic rings. The fraction of sp³-hybridized carbons (Fsp3) is 0.353. The second-order valence-electron chi connectivity index (χ2n) is 5.82. The van der Waals surface area contributed by atoms with Crippen molar-refractivity contribution in [3.63, 3.8) is 0 Å². The normalized spacial score (nSPS) is 16.7. The minimum absolute atomic E-state index is 0.397. The number of piperidine rings is 1. The minimum Gasteiger partial charge on any atom is -0.334 e. The molecule has 0 radical (unpaired) electrons. The summed E-state index contributed by atoms with van der Waals surface area (Å²) in [7, 11) is 0. The summed E-state index contributed by atoms with van der Waals surface area (Å²) in [5.41, 5.74) is 0.925. The molecule has 0 spiro atoms. The van der Waals surface area contributed by atoms with Gasteiger partial charge in [-0.25, -0.2) is 0 Å². The number of aromatic nitrogens is 3. The van der Waals surface area contributed by atoms with E-state index in [0.717, 1.165) is 43.9 Å². The fourth-order valence-corrected chi connectivity index (χ4v) is 3.73. The Morgan fingerprint density at radius 1 is 1.17 bits per heavy atom. The third-order valence-electron chi connectivity index (χ3n) is 4.28. The lowest BCUT2D eigenvalue weighted by Crippen LogP contribution is -2.32. The zero-order valence-corrected chi connectivity index (χ0v) is 13.6. The number of hydrogen-bond donors (Lipinski definition) is 0. The fourth-order valence-electron chi connectivity index (χ4n) is 2.98. The highest BCUT2D eigenvalue weighted by atomic mass is 32.1. The van der Waals surface area contributed by atoms with Crippen LogP contribution in [0, 0.1) is 0 Å². The van der Waals surface area contributed by atoms with Crippen LogP contribution < -0.4 is 0 Å². The van der Waals surface area contributed by atoms with E-state index in [4.69, 9.17) is 4.52 Å². The van der Waals surface area contributed by atoms with Crippen molar-refractivity contribution in [3.8, 4) is 11.5 Å². The number of likely N-dealkylation sites (tertiary alicyclic amines) is 1. The lowest BCUT2D eigenvalue weighted by molar-refractivity contribution is 0.201. The Morgan fingerprint density at radius 3 is 2.74 bits per heavy atom. The molecule has 1 aliphatic heterocycles. The number of thiophene rings is 1. The van der Waals surface area contributed by atoms with E-state index in [0.29, 0.717) is 11.8 Å². The molecule has 118 valence electrons. The molecule has 0 aliphatic carbocycles. The lowest BCUT2D eigenvalue weighted by atomic mass is 9.96. The van der Waals surface area contributed by atoms with Gasteiger partial charge in [-0.2, -0.15) is 4.98 Å². The molecule has 1 fully saturated rings. The van der Waals surface area contributed by atoms with Gasteiger partial charge in [-0.05, 0) is 49.5 Å². The molecule has 4 rings (SSSR count). The van der Waals surface area contributed by atoms with E-state index in [1.165, 1.54) is 4.88 Å². The summed E-state index contributed by atoms with van der Waals surface area (Å²) in [4.78, 5) is 12.5. The predicted molar refractivity (Wildman–Crippen MR) is 89.1 cm³/mol. The summed E-state index contributed by atoms with van der Waals surface area (Å²) in [6.45, 7) is 3.22. The van der Waals surface area contributed by atoms with Crippen molar-refractivity contribution in [2.45, 2.75) is 25.3 Å². The van der Waals surface area contributed by atoms with Gasteiger partial charge in [0.2, 0.25) is 0 Å². The number of hydrogen-bond acceptors (Lipinski definition) is 6. The molecule has 0 aromatic carbocycles. The molecular weight excluding hydrogens is 308 g/mol. The zero-order valence-electron chi connectivity index (χ0n) is 12.8. The van der Waals surface area contributed by atoms with Crippen LogP contribution in [-0.2, 0) is 6.54 Å². The second-order valence-corrected chi connectivity index (χ2v) is 6.86. The van der Waals surface area contributed by atoms with Gasteiger partial charge < -0.3 is 4.52 Å². The Balaban J connectivity index is 1.38. The van der Waals surface area contributed by atoms with Crippen LogP contribution in [-0.4, -0.2) is 33.1 Å². The van der Waals surface area contributed by atoms with Crippen LogP contribution in [0.4, 0.5) is 0 Å². The minimum atomic E-state index is 0.397. The highest BCUT2D eigenvalue weighted by Gasteiger charge is 2.25. The molecule has 4 heterocycles. The molecule has 0 atom stereocenters. The van der Waals surface area contributed by atoms with Gasteiger partial charge in [0, 0.05) is 35.3 Å². The van der Waals surface area contributed by atoms with E-state index in [9.17, 15) is 0 Å². The van der Waals surface area contributed by atoms with Gasteiger partial charge in [0.1, 0.15) is 0 Å². The van der Waals surface area contributed by atoms with Crippen LogP contribution in [0.2, 0.25) is 0 Å². The second kappa shape index (κ2) is 6.60. The zero-order chi connectivity index (χ0) is 15.5. The lowest BCUT2D eigenvalue weighted by Gasteiger charge is -2.30. The number of rotatable bonds is 4. The molecule has 3 aromatic heterocycles. The molecule has 1 aliphatic rings. The average Bonchev–Trinajstić information content (AvgIpc) is 3.28. The van der Waals surface area contributed by atoms with E-state index in [1.807, 2.05) is 23.5 Å². The van der Waals surface area contributed by atoms with Crippen molar-refractivity contribution < 1.29 is 4.52 Å². The molecule has 0 amide bonds. The molecular formula is C17H18N4OS. The molecule has 0 saturated carbocycles. The van der Waals surface area contributed by atoms with Gasteiger partial charge in [0.25, 0.3) is 5.89 Å². The highest BCUT2D eigenvalue weighted by molar-refractivity contribution is 7.09. The maximum atomic E-state index is 5.42. The molecule has 23 heavy (non-hydrogen) atoms. The van der Waals surface area contributed by atoms with Gasteiger partial charge >= 0.3 is 0 Å². The topological polar surface area (TPSA) is 55.1 Å². The first kappa shape index (κ1) is 14.5. The van der Waals surface area contributed by atoms with E-state index in [2.05, 4.69) is 37.5 Å². The monoisotopic (exact) mass is 326 g/mol. The van der Waals surface area contributed by atoms with Crippen LogP contribution in [0.3, 0.4) is 0 Å². The van der Waals surface area contributed by atoms with Gasteiger partial charge in [0.15, 0.2) is 5.82 Å². The Hall–Kier alpha value is -2.05. The predicted octanol–water partition coefficient (Wildman–Crippen LogP) is 3.57. The first-order valence-electron chi connectivity index (χ1n) is 7.87. The summed E-state index contributed by atoms with van der Waals surface area (Å²) < 4.78 is 5.42. The Kier molecular flexibility index (Phi) is 4.17. The first-order chi connectivity index (χ1) is 11.4. The van der Waals surface area contributed by atoms with Crippen LogP contribution in [0.25, 0.3) is 11.5 Å². The third kappa shape index (κ3) is 3.33. The Morgan fingerprint density at radius 2 is 2.00 bits per heavy atom. The number of nitrogens with zero attached hydrogens (tertiary/aromatic N) is 4. The van der Waals surface area contributed by atoms with Gasteiger partial charge in [-0.3, -0.25) is 9.88 Å². The van der Waals surface area contributed by atoms with Crippen molar-refractivity contribution in [1.82, 2.24) is 20.0 Å². The summed E-state index contributed by atoms with van der Waals surface area (Å²) >= 11 is 1.83. The van der Waals surface area contributed by atoms with Gasteiger partial charge in [-0.1, -0.05) is 11.2 Å². The van der Waals surface area contributed by atoms with Crippen molar-refractivity contribution in [2.75, 3.05) is 13.1 Å². The Bertz CT molecular complexity index is 733. The SMILES string of the molecule is c1csc(CN2CCC(c3noc(-c4ccncc4)n3)CC2)c1. The molecule has 1 saturated heterocycles. The maximum absolute atomic E-state index is 5.42. The van der Waals surface area contributed by atoms with Crippen LogP contribution in [0.1, 0.15) is 29.5 Å². The average molecular weight is 326 g/mol. The van der Waals surface area contributed by atoms with Crippen molar-refractivity contribution in [1.29, 1.82) is 0 Å². The first-order valence-corrected chi connectivity index (χ1v) is 8.75. The van der Waals surface area contributed by atoms with Crippen molar-refractivity contribution in [2.24, 2.45) is 0 Å². The smallest absolute Gasteiger partial charge is 0.258 e. The summed E-state index contributed by atoms with van der Waals surface area (Å²) in [6.07, 6.45) is 5.64. The summed E-state index contributed by atoms with van der Waals surface area (Å²) in [6, 6.07) is 8.10. The van der Waals surface area contributed by atoms with E-state index in [-0.39, 0.29) is 0 Å². The van der Waals surface area contributed by atoms with Crippen LogP contribution >= 0.6 is 11.3 Å². The summed E-state index contributed by atoms with van der Waals surface area (Å²) in [5, 5.41) is 6.33. The Labute approximate surface area is 139 Å². The highest BCUT2D eigenvalue weighted by Crippen LogP contribution is 2.28. The molecule has 0 bridgehead atoms. The molecule has 6 heteroatoms. The largest absolute Gasteiger partial charge is 0.334 e. The standard InChI is InChI=1S/C17H18N4OS/c1-2-15(23-11-1)12-21-9-5-13(6-10-21)16-19-17(22-20-16)14-3-7-18-8-4-14/h1-4,7-8,11,13H,5-6,9-10,12H2.